The van der Waals surface area contributed by atoms with Gasteiger partial charge in [0.25, 0.3) is 0 Å². The Bertz CT molecular complexity index is 1700. The molecule has 0 bridgehead atoms. The predicted molar refractivity (Wildman–Crippen MR) is 189 cm³/mol. The average Bonchev–Trinajstić information content (AvgIpc) is 3.38. The molecule has 0 aliphatic heterocycles. The lowest BCUT2D eigenvalue weighted by Crippen LogP contribution is -2.47. The molecule has 4 aromatic rings. The van der Waals surface area contributed by atoms with Crippen molar-refractivity contribution in [2.75, 3.05) is 25.9 Å². The molecule has 2 heterocycles. The lowest BCUT2D eigenvalue weighted by atomic mass is 9.73. The molecular formula is C39H45F3N3O4P. The number of halogens is 3. The second kappa shape index (κ2) is 16.9. The van der Waals surface area contributed by atoms with Crippen molar-refractivity contribution in [2.24, 2.45) is 0 Å². The number of hydrogen-bond acceptors (Lipinski definition) is 6. The van der Waals surface area contributed by atoms with Gasteiger partial charge in [-0.2, -0.15) is 13.2 Å². The number of fused-ring (bicyclic) bond motifs is 3. The quantitative estimate of drug-likeness (QED) is 0.0820. The molecule has 0 radical (unpaired) electrons. The predicted octanol–water partition coefficient (Wildman–Crippen LogP) is 9.09. The number of carbonyl (C=O) groups excluding carboxylic acids is 1. The smallest absolute Gasteiger partial charge is 0.346 e. The van der Waals surface area contributed by atoms with Gasteiger partial charge in [0.2, 0.25) is 5.91 Å². The third kappa shape index (κ3) is 9.68. The maximum atomic E-state index is 14.0. The maximum Gasteiger partial charge on any atom is 0.405 e. The van der Waals surface area contributed by atoms with E-state index >= 15 is 0 Å². The second-order valence-corrected chi connectivity index (χ2v) is 15.0. The molecule has 1 amide bonds. The molecule has 50 heavy (non-hydrogen) atoms. The van der Waals surface area contributed by atoms with Crippen LogP contribution >= 0.6 is 7.60 Å². The lowest BCUT2D eigenvalue weighted by Gasteiger charge is -2.31. The topological polar surface area (TPSA) is 90.4 Å². The SMILES string of the molecule is Cc1cccc(CCCOP(=O)(CCCCCC2(C(=O)NCC(F)(F)F)c3ccccc3-c3ccccc32)OCCCc2cccc(C)n2)n1. The van der Waals surface area contributed by atoms with Crippen molar-refractivity contribution >= 4 is 13.5 Å². The van der Waals surface area contributed by atoms with Gasteiger partial charge in [-0.15, -0.1) is 0 Å². The highest BCUT2D eigenvalue weighted by Gasteiger charge is 2.49. The first-order valence-electron chi connectivity index (χ1n) is 17.3. The molecule has 2 aromatic heterocycles. The molecule has 1 aliphatic rings. The number of benzene rings is 2. The zero-order valence-electron chi connectivity index (χ0n) is 28.7. The summed E-state index contributed by atoms with van der Waals surface area (Å²) >= 11 is 0. The standard InChI is InChI=1S/C39H45F3N3O4P/c1-29-14-10-16-31(44-29)18-12-25-48-50(47,49-26-13-19-32-17-11-15-30(2)45-32)27-9-3-8-24-38(37(46)43-28-39(40,41)42)35-22-6-4-20-33(35)34-21-5-7-23-36(34)38/h4-7,10-11,14-17,20-23H,3,8-9,12-13,18-19,24-28H2,1-2H3,(H,43,46). The molecule has 0 atom stereocenters. The van der Waals surface area contributed by atoms with Crippen LogP contribution < -0.4 is 5.32 Å². The third-order valence-corrected chi connectivity index (χ3v) is 11.0. The van der Waals surface area contributed by atoms with Crippen LogP contribution in [-0.4, -0.2) is 48.0 Å². The molecule has 0 spiro atoms. The van der Waals surface area contributed by atoms with Crippen LogP contribution in [0.4, 0.5) is 13.2 Å². The van der Waals surface area contributed by atoms with Crippen LogP contribution in [0.3, 0.4) is 0 Å². The van der Waals surface area contributed by atoms with Crippen LogP contribution in [-0.2, 0) is 36.7 Å². The van der Waals surface area contributed by atoms with Crippen LogP contribution in [0.5, 0.6) is 0 Å². The third-order valence-electron chi connectivity index (χ3n) is 9.01. The van der Waals surface area contributed by atoms with Gasteiger partial charge in [-0.25, -0.2) is 0 Å². The number of hydrogen-bond donors (Lipinski definition) is 1. The number of alkyl halides is 3. The van der Waals surface area contributed by atoms with Crippen LogP contribution in [0.15, 0.2) is 84.9 Å². The number of nitrogens with one attached hydrogen (secondary N) is 1. The van der Waals surface area contributed by atoms with Crippen molar-refractivity contribution in [1.29, 1.82) is 0 Å². The Morgan fingerprint density at radius 2 is 1.24 bits per heavy atom. The Kier molecular flexibility index (Phi) is 12.6. The minimum atomic E-state index is -4.54. The first kappa shape index (κ1) is 37.4. The van der Waals surface area contributed by atoms with Crippen LogP contribution in [0.1, 0.15) is 72.4 Å². The van der Waals surface area contributed by atoms with Gasteiger partial charge in [0.1, 0.15) is 12.0 Å². The van der Waals surface area contributed by atoms with E-state index < -0.39 is 31.6 Å². The fraction of sp³-hybridized carbons (Fsp3) is 0.410. The van der Waals surface area contributed by atoms with Gasteiger partial charge in [-0.05, 0) is 98.9 Å². The summed E-state index contributed by atoms with van der Waals surface area (Å²) in [6.07, 6.45) is 0.169. The van der Waals surface area contributed by atoms with Crippen molar-refractivity contribution in [3.8, 4) is 11.1 Å². The number of aromatic nitrogens is 2. The highest BCUT2D eigenvalue weighted by Crippen LogP contribution is 2.52. The average molecular weight is 708 g/mol. The highest BCUT2D eigenvalue weighted by molar-refractivity contribution is 7.53. The Morgan fingerprint density at radius 3 is 1.74 bits per heavy atom. The van der Waals surface area contributed by atoms with Gasteiger partial charge in [0, 0.05) is 22.8 Å². The number of rotatable bonds is 18. The molecule has 266 valence electrons. The van der Waals surface area contributed by atoms with Gasteiger partial charge in [-0.3, -0.25) is 19.3 Å². The molecular weight excluding hydrogens is 662 g/mol. The van der Waals surface area contributed by atoms with E-state index in [0.29, 0.717) is 62.5 Å². The van der Waals surface area contributed by atoms with Crippen molar-refractivity contribution < 1.29 is 31.6 Å². The van der Waals surface area contributed by atoms with E-state index in [1.165, 1.54) is 0 Å². The first-order valence-corrected chi connectivity index (χ1v) is 19.0. The molecule has 1 N–H and O–H groups in total. The number of amides is 1. The second-order valence-electron chi connectivity index (χ2n) is 12.9. The Hall–Kier alpha value is -3.85. The fourth-order valence-corrected chi connectivity index (χ4v) is 8.47. The molecule has 5 rings (SSSR count). The van der Waals surface area contributed by atoms with Crippen molar-refractivity contribution in [1.82, 2.24) is 15.3 Å². The molecule has 0 saturated carbocycles. The minimum absolute atomic E-state index is 0.193. The summed E-state index contributed by atoms with van der Waals surface area (Å²) < 4.78 is 65.6. The molecule has 0 unspecified atom stereocenters. The van der Waals surface area contributed by atoms with E-state index in [1.54, 1.807) is 0 Å². The van der Waals surface area contributed by atoms with Gasteiger partial charge in [0.05, 0.1) is 19.4 Å². The number of nitrogens with zero attached hydrogens (tertiary/aromatic N) is 2. The molecule has 0 saturated heterocycles. The summed E-state index contributed by atoms with van der Waals surface area (Å²) in [4.78, 5) is 22.9. The summed E-state index contributed by atoms with van der Waals surface area (Å²) in [5.74, 6) is -0.671. The number of carbonyl (C=O) groups is 1. The lowest BCUT2D eigenvalue weighted by molar-refractivity contribution is -0.141. The summed E-state index contributed by atoms with van der Waals surface area (Å²) in [6.45, 7) is 2.98. The van der Waals surface area contributed by atoms with E-state index in [1.807, 2.05) is 98.8 Å². The van der Waals surface area contributed by atoms with Gasteiger partial charge >= 0.3 is 13.8 Å². The molecule has 2 aromatic carbocycles. The Morgan fingerprint density at radius 1 is 0.720 bits per heavy atom. The van der Waals surface area contributed by atoms with Crippen LogP contribution in [0.2, 0.25) is 0 Å². The molecule has 7 nitrogen and oxygen atoms in total. The normalized spacial score (nSPS) is 13.5. The largest absolute Gasteiger partial charge is 0.405 e. The van der Waals surface area contributed by atoms with E-state index in [0.717, 1.165) is 33.9 Å². The molecule has 11 heteroatoms. The van der Waals surface area contributed by atoms with E-state index in [9.17, 15) is 22.5 Å². The van der Waals surface area contributed by atoms with Crippen molar-refractivity contribution in [3.05, 3.63) is 119 Å². The van der Waals surface area contributed by atoms with E-state index in [4.69, 9.17) is 9.05 Å². The van der Waals surface area contributed by atoms with Crippen molar-refractivity contribution in [2.45, 2.75) is 76.8 Å². The summed E-state index contributed by atoms with van der Waals surface area (Å²) in [6, 6.07) is 26.5. The fourth-order valence-electron chi connectivity index (χ4n) is 6.71. The minimum Gasteiger partial charge on any atom is -0.346 e. The zero-order chi connectivity index (χ0) is 35.6. The Balaban J connectivity index is 1.23. The number of aryl methyl sites for hydroxylation is 4. The zero-order valence-corrected chi connectivity index (χ0v) is 29.6. The number of unbranched alkanes of at least 4 members (excludes halogenated alkanes) is 2. The summed E-state index contributed by atoms with van der Waals surface area (Å²) in [5.41, 5.74) is 5.57. The van der Waals surface area contributed by atoms with Crippen LogP contribution in [0.25, 0.3) is 11.1 Å². The van der Waals surface area contributed by atoms with Gasteiger partial charge in [-0.1, -0.05) is 73.5 Å². The first-order chi connectivity index (χ1) is 24.0. The van der Waals surface area contributed by atoms with E-state index in [-0.39, 0.29) is 19.4 Å². The molecule has 1 aliphatic carbocycles. The van der Waals surface area contributed by atoms with E-state index in [2.05, 4.69) is 15.3 Å². The van der Waals surface area contributed by atoms with Crippen LogP contribution in [0, 0.1) is 13.8 Å². The number of pyridine rings is 2. The molecule has 0 fully saturated rings. The van der Waals surface area contributed by atoms with Gasteiger partial charge < -0.3 is 14.4 Å². The van der Waals surface area contributed by atoms with Crippen molar-refractivity contribution in [3.63, 3.8) is 0 Å². The monoisotopic (exact) mass is 707 g/mol. The summed E-state index contributed by atoms with van der Waals surface area (Å²) in [7, 11) is -3.46. The highest BCUT2D eigenvalue weighted by atomic mass is 31.2. The Labute approximate surface area is 292 Å². The maximum absolute atomic E-state index is 14.0. The van der Waals surface area contributed by atoms with Gasteiger partial charge in [0.15, 0.2) is 0 Å². The summed E-state index contributed by atoms with van der Waals surface area (Å²) in [5, 5.41) is 2.18.